The highest BCUT2D eigenvalue weighted by Gasteiger charge is 2.17. The minimum atomic E-state index is 0.442. The molecule has 2 aromatic carbocycles. The highest BCUT2D eigenvalue weighted by Crippen LogP contribution is 2.42. The molecule has 1 aliphatic heterocycles. The van der Waals surface area contributed by atoms with Crippen molar-refractivity contribution < 1.29 is 18.9 Å². The Kier molecular flexibility index (Phi) is 7.42. The lowest BCUT2D eigenvalue weighted by molar-refractivity contribution is 0.0346. The van der Waals surface area contributed by atoms with Crippen LogP contribution in [0.2, 0.25) is 0 Å². The fourth-order valence-corrected chi connectivity index (χ4v) is 5.42. The number of hydrogen-bond donors (Lipinski definition) is 1. The van der Waals surface area contributed by atoms with Crippen molar-refractivity contribution in [2.75, 3.05) is 52.9 Å². The molecule has 1 aliphatic rings. The number of methoxy groups -OCH3 is 3. The summed E-state index contributed by atoms with van der Waals surface area (Å²) in [6.45, 7) is 4.47. The minimum Gasteiger partial charge on any atom is -0.493 e. The summed E-state index contributed by atoms with van der Waals surface area (Å²) in [6, 6.07) is 14.3. The lowest BCUT2D eigenvalue weighted by Gasteiger charge is -2.25. The Morgan fingerprint density at radius 3 is 2.46 bits per heavy atom. The zero-order chi connectivity index (χ0) is 25.8. The molecule has 9 heteroatoms. The highest BCUT2D eigenvalue weighted by molar-refractivity contribution is 7.10. The van der Waals surface area contributed by atoms with E-state index in [1.807, 2.05) is 18.2 Å². The number of benzene rings is 2. The molecule has 1 fully saturated rings. The van der Waals surface area contributed by atoms with Crippen LogP contribution in [0.4, 0.5) is 11.4 Å². The first-order valence-corrected chi connectivity index (χ1v) is 12.8. The number of nitriles is 1. The zero-order valence-electron chi connectivity index (χ0n) is 21.0. The standard InChI is InChI=1S/C28H28N4O4S/c1-33-25-12-21(13-26(34-2)28(25)35-3)31-27-20(14-29)15-30-24-11-18(4-5-23(24)27)19-10-22(37-17-19)16-32-6-8-36-9-7-32/h4-5,10-13,15,17H,6-9,16H2,1-3H3,(H,30,31). The molecule has 0 spiro atoms. The van der Waals surface area contributed by atoms with Gasteiger partial charge in [-0.1, -0.05) is 12.1 Å². The van der Waals surface area contributed by atoms with E-state index in [1.54, 1.807) is 38.9 Å². The van der Waals surface area contributed by atoms with Crippen LogP contribution in [-0.2, 0) is 11.3 Å². The van der Waals surface area contributed by atoms with Gasteiger partial charge in [0.15, 0.2) is 11.5 Å². The van der Waals surface area contributed by atoms with Crippen molar-refractivity contribution in [3.05, 3.63) is 58.4 Å². The molecule has 5 rings (SSSR count). The van der Waals surface area contributed by atoms with Crippen molar-refractivity contribution in [3.63, 3.8) is 0 Å². The van der Waals surface area contributed by atoms with Gasteiger partial charge in [0, 0.05) is 53.9 Å². The van der Waals surface area contributed by atoms with E-state index in [4.69, 9.17) is 18.9 Å². The first-order chi connectivity index (χ1) is 18.1. The van der Waals surface area contributed by atoms with E-state index < -0.39 is 0 Å². The van der Waals surface area contributed by atoms with Gasteiger partial charge in [0.1, 0.15) is 6.07 Å². The van der Waals surface area contributed by atoms with E-state index in [-0.39, 0.29) is 0 Å². The van der Waals surface area contributed by atoms with Gasteiger partial charge in [-0.2, -0.15) is 5.26 Å². The largest absolute Gasteiger partial charge is 0.493 e. The molecule has 4 aromatic rings. The molecule has 0 bridgehead atoms. The van der Waals surface area contributed by atoms with E-state index >= 15 is 0 Å². The zero-order valence-corrected chi connectivity index (χ0v) is 21.9. The Morgan fingerprint density at radius 2 is 1.78 bits per heavy atom. The number of pyridine rings is 1. The van der Waals surface area contributed by atoms with Crippen molar-refractivity contribution in [2.45, 2.75) is 6.54 Å². The summed E-state index contributed by atoms with van der Waals surface area (Å²) in [4.78, 5) is 8.34. The van der Waals surface area contributed by atoms with Crippen LogP contribution in [0.1, 0.15) is 10.4 Å². The molecule has 0 amide bonds. The molecular formula is C28H28N4O4S. The topological polar surface area (TPSA) is 88.9 Å². The van der Waals surface area contributed by atoms with Gasteiger partial charge < -0.3 is 24.3 Å². The third-order valence-electron chi connectivity index (χ3n) is 6.39. The number of rotatable bonds is 8. The van der Waals surface area contributed by atoms with Crippen molar-refractivity contribution >= 4 is 33.6 Å². The molecular weight excluding hydrogens is 488 g/mol. The second-order valence-electron chi connectivity index (χ2n) is 8.62. The van der Waals surface area contributed by atoms with Gasteiger partial charge in [-0.15, -0.1) is 11.3 Å². The number of fused-ring (bicyclic) bond motifs is 1. The first-order valence-electron chi connectivity index (χ1n) is 11.9. The quantitative estimate of drug-likeness (QED) is 0.331. The summed E-state index contributed by atoms with van der Waals surface area (Å²) in [7, 11) is 4.71. The summed E-state index contributed by atoms with van der Waals surface area (Å²) in [5, 5.41) is 16.2. The molecule has 0 unspecified atom stereocenters. The van der Waals surface area contributed by atoms with Crippen LogP contribution in [0.5, 0.6) is 17.2 Å². The maximum atomic E-state index is 9.80. The van der Waals surface area contributed by atoms with Crippen LogP contribution in [0.25, 0.3) is 22.0 Å². The van der Waals surface area contributed by atoms with Crippen LogP contribution in [0.15, 0.2) is 48.0 Å². The molecule has 0 atom stereocenters. The predicted molar refractivity (Wildman–Crippen MR) is 145 cm³/mol. The second-order valence-corrected chi connectivity index (χ2v) is 9.62. The molecule has 0 radical (unpaired) electrons. The van der Waals surface area contributed by atoms with Gasteiger partial charge in [0.05, 0.1) is 51.3 Å². The average molecular weight is 517 g/mol. The summed E-state index contributed by atoms with van der Waals surface area (Å²) in [5.74, 6) is 1.55. The summed E-state index contributed by atoms with van der Waals surface area (Å²) in [5.41, 5.74) is 4.87. The lowest BCUT2D eigenvalue weighted by Crippen LogP contribution is -2.35. The van der Waals surface area contributed by atoms with Crippen LogP contribution in [-0.4, -0.2) is 57.5 Å². The first kappa shape index (κ1) is 24.8. The van der Waals surface area contributed by atoms with Gasteiger partial charge in [-0.25, -0.2) is 0 Å². The van der Waals surface area contributed by atoms with Crippen LogP contribution >= 0.6 is 11.3 Å². The third-order valence-corrected chi connectivity index (χ3v) is 7.32. The number of ether oxygens (including phenoxy) is 4. The number of nitrogens with one attached hydrogen (secondary N) is 1. The molecule has 0 saturated carbocycles. The Hall–Kier alpha value is -3.84. The fourth-order valence-electron chi connectivity index (χ4n) is 4.48. The Labute approximate surface area is 220 Å². The Balaban J connectivity index is 1.47. The number of nitrogens with zero attached hydrogens (tertiary/aromatic N) is 3. The number of anilines is 2. The highest BCUT2D eigenvalue weighted by atomic mass is 32.1. The van der Waals surface area contributed by atoms with E-state index in [2.05, 4.69) is 44.8 Å². The van der Waals surface area contributed by atoms with Gasteiger partial charge in [-0.3, -0.25) is 9.88 Å². The van der Waals surface area contributed by atoms with Crippen molar-refractivity contribution in [1.29, 1.82) is 5.26 Å². The van der Waals surface area contributed by atoms with Crippen molar-refractivity contribution in [1.82, 2.24) is 9.88 Å². The van der Waals surface area contributed by atoms with Crippen molar-refractivity contribution in [2.24, 2.45) is 0 Å². The minimum absolute atomic E-state index is 0.442. The molecule has 8 nitrogen and oxygen atoms in total. The number of hydrogen-bond acceptors (Lipinski definition) is 9. The lowest BCUT2D eigenvalue weighted by atomic mass is 10.0. The Bertz CT molecular complexity index is 1430. The van der Waals surface area contributed by atoms with E-state index in [0.29, 0.717) is 34.2 Å². The molecule has 3 heterocycles. The number of aromatic nitrogens is 1. The van der Waals surface area contributed by atoms with Crippen LogP contribution < -0.4 is 19.5 Å². The SMILES string of the molecule is COc1cc(Nc2c(C#N)cnc3cc(-c4csc(CN5CCOCC5)c4)ccc23)cc(OC)c1OC. The van der Waals surface area contributed by atoms with Gasteiger partial charge in [-0.05, 0) is 28.6 Å². The molecule has 2 aromatic heterocycles. The summed E-state index contributed by atoms with van der Waals surface area (Å²) in [6.07, 6.45) is 1.60. The van der Waals surface area contributed by atoms with Crippen molar-refractivity contribution in [3.8, 4) is 34.4 Å². The maximum absolute atomic E-state index is 9.80. The van der Waals surface area contributed by atoms with Crippen LogP contribution in [0.3, 0.4) is 0 Å². The monoisotopic (exact) mass is 516 g/mol. The summed E-state index contributed by atoms with van der Waals surface area (Å²) < 4.78 is 21.9. The fraction of sp³-hybridized carbons (Fsp3) is 0.286. The average Bonchev–Trinajstić information content (AvgIpc) is 3.41. The molecule has 0 aliphatic carbocycles. The van der Waals surface area contributed by atoms with Gasteiger partial charge >= 0.3 is 0 Å². The van der Waals surface area contributed by atoms with E-state index in [0.717, 1.165) is 49.3 Å². The molecule has 190 valence electrons. The Morgan fingerprint density at radius 1 is 1.03 bits per heavy atom. The van der Waals surface area contributed by atoms with Gasteiger partial charge in [0.25, 0.3) is 0 Å². The number of morpholine rings is 1. The molecule has 1 saturated heterocycles. The number of thiophene rings is 1. The molecule has 37 heavy (non-hydrogen) atoms. The predicted octanol–water partition coefficient (Wildman–Crippen LogP) is 5.44. The molecule has 1 N–H and O–H groups in total. The summed E-state index contributed by atoms with van der Waals surface area (Å²) >= 11 is 1.77. The van der Waals surface area contributed by atoms with E-state index in [1.165, 1.54) is 10.4 Å². The second kappa shape index (κ2) is 11.0. The van der Waals surface area contributed by atoms with Crippen LogP contribution in [0, 0.1) is 11.3 Å². The van der Waals surface area contributed by atoms with Gasteiger partial charge in [0.2, 0.25) is 5.75 Å². The van der Waals surface area contributed by atoms with E-state index in [9.17, 15) is 5.26 Å². The normalized spacial score (nSPS) is 13.8. The maximum Gasteiger partial charge on any atom is 0.203 e. The third kappa shape index (κ3) is 5.18. The smallest absolute Gasteiger partial charge is 0.203 e.